The van der Waals surface area contributed by atoms with Crippen LogP contribution in [0.15, 0.2) is 24.3 Å². The minimum atomic E-state index is -0.474. The van der Waals surface area contributed by atoms with Gasteiger partial charge >= 0.3 is 0 Å². The van der Waals surface area contributed by atoms with Gasteiger partial charge in [0.05, 0.1) is 12.6 Å². The predicted molar refractivity (Wildman–Crippen MR) is 60.0 cm³/mol. The van der Waals surface area contributed by atoms with E-state index in [-0.39, 0.29) is 19.0 Å². The molecule has 0 aromatic heterocycles. The van der Waals surface area contributed by atoms with Crippen LogP contribution in [0.1, 0.15) is 5.56 Å². The molecule has 76 valence electrons. The van der Waals surface area contributed by atoms with Gasteiger partial charge in [0, 0.05) is 11.3 Å². The van der Waals surface area contributed by atoms with E-state index in [1.54, 1.807) is 12.1 Å². The molecule has 0 fully saturated rings. The van der Waals surface area contributed by atoms with E-state index in [9.17, 15) is 0 Å². The fourth-order valence-corrected chi connectivity index (χ4v) is 0.788. The third kappa shape index (κ3) is 4.15. The van der Waals surface area contributed by atoms with Crippen molar-refractivity contribution in [1.82, 2.24) is 0 Å². The highest BCUT2D eigenvalue weighted by atomic mass is 35.5. The number of halogens is 1. The molecule has 4 heteroatoms. The van der Waals surface area contributed by atoms with Crippen molar-refractivity contribution < 1.29 is 5.11 Å². The average Bonchev–Trinajstić information content (AvgIpc) is 2.16. The van der Waals surface area contributed by atoms with Crippen molar-refractivity contribution in [2.45, 2.75) is 6.04 Å². The molecule has 0 saturated heterocycles. The van der Waals surface area contributed by atoms with Crippen molar-refractivity contribution >= 4 is 18.1 Å². The fourth-order valence-electron chi connectivity index (χ4n) is 0.788. The Kier molecular flexibility index (Phi) is 5.73. The topological polar surface area (TPSA) is 72.3 Å². The smallest absolute Gasteiger partial charge is 0.0902 e. The number of nitrogens with two attached hydrogens (primary N) is 2. The van der Waals surface area contributed by atoms with Crippen LogP contribution in [0, 0.1) is 11.8 Å². The predicted octanol–water partition coefficient (Wildman–Crippen LogP) is 0.362. The summed E-state index contributed by atoms with van der Waals surface area (Å²) >= 11 is 0. The summed E-state index contributed by atoms with van der Waals surface area (Å²) in [5.74, 6) is 5.54. The molecule has 0 radical (unpaired) electrons. The van der Waals surface area contributed by atoms with Crippen molar-refractivity contribution in [3.05, 3.63) is 29.8 Å². The molecule has 1 atom stereocenters. The molecule has 1 aromatic carbocycles. The highest BCUT2D eigenvalue weighted by Crippen LogP contribution is 2.03. The lowest BCUT2D eigenvalue weighted by atomic mass is 10.2. The Bertz CT molecular complexity index is 326. The molecule has 5 N–H and O–H groups in total. The molecule has 1 aromatic rings. The second-order valence-corrected chi connectivity index (χ2v) is 2.68. The molecule has 1 unspecified atom stereocenters. The number of anilines is 1. The molecule has 0 spiro atoms. The summed E-state index contributed by atoms with van der Waals surface area (Å²) in [5, 5.41) is 8.61. The van der Waals surface area contributed by atoms with Crippen LogP contribution in [-0.4, -0.2) is 17.8 Å². The van der Waals surface area contributed by atoms with Crippen molar-refractivity contribution in [2.24, 2.45) is 5.73 Å². The van der Waals surface area contributed by atoms with Gasteiger partial charge in [0.2, 0.25) is 0 Å². The summed E-state index contributed by atoms with van der Waals surface area (Å²) in [6.45, 7) is -0.123. The maximum atomic E-state index is 8.61. The van der Waals surface area contributed by atoms with E-state index < -0.39 is 6.04 Å². The highest BCUT2D eigenvalue weighted by molar-refractivity contribution is 5.85. The van der Waals surface area contributed by atoms with Crippen molar-refractivity contribution in [1.29, 1.82) is 0 Å². The molecule has 1 rings (SSSR count). The van der Waals surface area contributed by atoms with Crippen LogP contribution in [0.3, 0.4) is 0 Å². The van der Waals surface area contributed by atoms with E-state index in [0.717, 1.165) is 5.56 Å². The van der Waals surface area contributed by atoms with Crippen LogP contribution in [0.4, 0.5) is 5.69 Å². The van der Waals surface area contributed by atoms with Crippen LogP contribution in [0.2, 0.25) is 0 Å². The molecule has 0 aliphatic rings. The number of rotatable bonds is 1. The third-order valence-electron chi connectivity index (χ3n) is 1.51. The van der Waals surface area contributed by atoms with Gasteiger partial charge in [0.15, 0.2) is 0 Å². The fraction of sp³-hybridized carbons (Fsp3) is 0.200. The quantitative estimate of drug-likeness (QED) is 0.465. The van der Waals surface area contributed by atoms with E-state index >= 15 is 0 Å². The second-order valence-electron chi connectivity index (χ2n) is 2.68. The van der Waals surface area contributed by atoms with Crippen LogP contribution in [0.25, 0.3) is 0 Å². The Hall–Kier alpha value is -1.21. The Morgan fingerprint density at radius 2 is 1.86 bits per heavy atom. The molecule has 0 bridgehead atoms. The van der Waals surface area contributed by atoms with Gasteiger partial charge < -0.3 is 16.6 Å². The maximum absolute atomic E-state index is 8.61. The molecule has 14 heavy (non-hydrogen) atoms. The first-order chi connectivity index (χ1) is 6.22. The van der Waals surface area contributed by atoms with Crippen LogP contribution >= 0.6 is 12.4 Å². The second kappa shape index (κ2) is 6.28. The number of benzene rings is 1. The molecule has 3 nitrogen and oxygen atoms in total. The minimum Gasteiger partial charge on any atom is -0.399 e. The lowest BCUT2D eigenvalue weighted by molar-refractivity contribution is 0.287. The molecular weight excluding hydrogens is 200 g/mol. The van der Waals surface area contributed by atoms with Crippen molar-refractivity contribution in [2.75, 3.05) is 12.3 Å². The van der Waals surface area contributed by atoms with Gasteiger partial charge in [-0.15, -0.1) is 12.4 Å². The number of hydrogen-bond donors (Lipinski definition) is 3. The molecular formula is C10H13ClN2O. The standard InChI is InChI=1S/C10H12N2O.ClH/c11-9-4-1-8(2-5-9)3-6-10(12)7-13;/h1-2,4-5,10,13H,7,11-12H2;1H. The van der Waals surface area contributed by atoms with Gasteiger partial charge in [0.1, 0.15) is 0 Å². The summed E-state index contributed by atoms with van der Waals surface area (Å²) in [6, 6.07) is 6.69. The SMILES string of the molecule is Cl.Nc1ccc(C#CC(N)CO)cc1. The largest absolute Gasteiger partial charge is 0.399 e. The number of aliphatic hydroxyl groups is 1. The molecule has 0 aliphatic heterocycles. The van der Waals surface area contributed by atoms with E-state index in [2.05, 4.69) is 11.8 Å². The summed E-state index contributed by atoms with van der Waals surface area (Å²) in [4.78, 5) is 0. The zero-order valence-electron chi connectivity index (χ0n) is 7.60. The Morgan fingerprint density at radius 1 is 1.29 bits per heavy atom. The number of aliphatic hydroxyl groups excluding tert-OH is 1. The minimum absolute atomic E-state index is 0. The summed E-state index contributed by atoms with van der Waals surface area (Å²) in [7, 11) is 0. The van der Waals surface area contributed by atoms with Crippen molar-refractivity contribution in [3.8, 4) is 11.8 Å². The first-order valence-corrected chi connectivity index (χ1v) is 3.96. The molecule has 0 saturated carbocycles. The zero-order chi connectivity index (χ0) is 9.68. The molecule has 0 heterocycles. The Balaban J connectivity index is 0.00000169. The lowest BCUT2D eigenvalue weighted by Crippen LogP contribution is -2.21. The van der Waals surface area contributed by atoms with Gasteiger partial charge in [-0.25, -0.2) is 0 Å². The van der Waals surface area contributed by atoms with Gasteiger partial charge in [-0.05, 0) is 24.3 Å². The van der Waals surface area contributed by atoms with Crippen LogP contribution in [0.5, 0.6) is 0 Å². The van der Waals surface area contributed by atoms with Crippen molar-refractivity contribution in [3.63, 3.8) is 0 Å². The van der Waals surface area contributed by atoms with E-state index in [1.807, 2.05) is 12.1 Å². The van der Waals surface area contributed by atoms with E-state index in [1.165, 1.54) is 0 Å². The highest BCUT2D eigenvalue weighted by Gasteiger charge is 1.91. The average molecular weight is 213 g/mol. The summed E-state index contributed by atoms with van der Waals surface area (Å²) in [6.07, 6.45) is 0. The van der Waals surface area contributed by atoms with Gasteiger partial charge in [-0.1, -0.05) is 11.8 Å². The third-order valence-corrected chi connectivity index (χ3v) is 1.51. The van der Waals surface area contributed by atoms with E-state index in [0.29, 0.717) is 5.69 Å². The van der Waals surface area contributed by atoms with Gasteiger partial charge in [-0.3, -0.25) is 0 Å². The van der Waals surface area contributed by atoms with Crippen LogP contribution < -0.4 is 11.5 Å². The Labute approximate surface area is 89.5 Å². The van der Waals surface area contributed by atoms with Gasteiger partial charge in [-0.2, -0.15) is 0 Å². The van der Waals surface area contributed by atoms with Gasteiger partial charge in [0.25, 0.3) is 0 Å². The monoisotopic (exact) mass is 212 g/mol. The van der Waals surface area contributed by atoms with E-state index in [4.69, 9.17) is 16.6 Å². The summed E-state index contributed by atoms with van der Waals surface area (Å²) in [5.41, 5.74) is 12.4. The zero-order valence-corrected chi connectivity index (χ0v) is 8.42. The normalized spacial score (nSPS) is 10.7. The lowest BCUT2D eigenvalue weighted by Gasteiger charge is -1.95. The first kappa shape index (κ1) is 12.8. The Morgan fingerprint density at radius 3 is 2.36 bits per heavy atom. The van der Waals surface area contributed by atoms with Crippen LogP contribution in [-0.2, 0) is 0 Å². The maximum Gasteiger partial charge on any atom is 0.0902 e. The molecule has 0 amide bonds. The number of hydrogen-bond acceptors (Lipinski definition) is 3. The first-order valence-electron chi connectivity index (χ1n) is 3.96. The molecule has 0 aliphatic carbocycles. The summed E-state index contributed by atoms with van der Waals surface area (Å²) < 4.78 is 0. The number of nitrogen functional groups attached to an aromatic ring is 1.